The van der Waals surface area contributed by atoms with E-state index in [9.17, 15) is 0 Å². The van der Waals surface area contributed by atoms with Gasteiger partial charge in [0.05, 0.1) is 31.3 Å². The molecule has 1 fully saturated rings. The minimum absolute atomic E-state index is 0.560. The number of ether oxygens (including phenoxy) is 2. The van der Waals surface area contributed by atoms with Gasteiger partial charge in [0.15, 0.2) is 0 Å². The van der Waals surface area contributed by atoms with Crippen LogP contribution < -0.4 is 4.90 Å². The molecule has 1 saturated heterocycles. The molecule has 1 aromatic carbocycles. The number of nitrogens with zero attached hydrogens (tertiary/aromatic N) is 3. The Morgan fingerprint density at radius 3 is 2.71 bits per heavy atom. The lowest BCUT2D eigenvalue weighted by Crippen LogP contribution is -2.37. The first-order valence-electron chi connectivity index (χ1n) is 9.73. The van der Waals surface area contributed by atoms with E-state index in [1.165, 1.54) is 10.4 Å². The van der Waals surface area contributed by atoms with Crippen molar-refractivity contribution in [3.05, 3.63) is 64.8 Å². The van der Waals surface area contributed by atoms with Gasteiger partial charge in [-0.15, -0.1) is 11.3 Å². The van der Waals surface area contributed by atoms with E-state index >= 15 is 0 Å². The third-order valence-corrected chi connectivity index (χ3v) is 5.82. The smallest absolute Gasteiger partial charge is 0.146 e. The van der Waals surface area contributed by atoms with Crippen molar-refractivity contribution in [3.63, 3.8) is 0 Å². The summed E-state index contributed by atoms with van der Waals surface area (Å²) in [6, 6.07) is 14.4. The summed E-state index contributed by atoms with van der Waals surface area (Å²) in [5, 5.41) is 1.02. The summed E-state index contributed by atoms with van der Waals surface area (Å²) >= 11 is 1.71. The molecule has 28 heavy (non-hydrogen) atoms. The van der Waals surface area contributed by atoms with Crippen LogP contribution in [-0.4, -0.2) is 36.3 Å². The monoisotopic (exact) mass is 395 g/mol. The van der Waals surface area contributed by atoms with E-state index < -0.39 is 0 Å². The molecule has 0 unspecified atom stereocenters. The topological polar surface area (TPSA) is 47.5 Å². The lowest BCUT2D eigenvalue weighted by molar-refractivity contribution is 0.108. The minimum atomic E-state index is 0.560. The van der Waals surface area contributed by atoms with Gasteiger partial charge in [0.25, 0.3) is 0 Å². The van der Waals surface area contributed by atoms with Crippen molar-refractivity contribution in [2.24, 2.45) is 0 Å². The van der Waals surface area contributed by atoms with E-state index in [0.29, 0.717) is 13.2 Å². The molecule has 0 aliphatic carbocycles. The second-order valence-electron chi connectivity index (χ2n) is 6.73. The Kier molecular flexibility index (Phi) is 6.31. The summed E-state index contributed by atoms with van der Waals surface area (Å²) < 4.78 is 11.5. The van der Waals surface area contributed by atoms with Gasteiger partial charge in [-0.25, -0.2) is 4.98 Å². The Morgan fingerprint density at radius 1 is 1.11 bits per heavy atom. The standard InChI is InChI=1S/C22H25N3O2S/c1-2-19-14-18(8-9-23-19)22-24-21(25-10-12-26-13-11-25)20(28-22)16-27-15-17-6-4-3-5-7-17/h3-9,14H,2,10-13,15-16H2,1H3. The molecule has 3 aromatic rings. The maximum Gasteiger partial charge on any atom is 0.146 e. The summed E-state index contributed by atoms with van der Waals surface area (Å²) in [5.41, 5.74) is 3.39. The summed E-state index contributed by atoms with van der Waals surface area (Å²) in [6.07, 6.45) is 2.79. The van der Waals surface area contributed by atoms with Gasteiger partial charge in [-0.1, -0.05) is 37.3 Å². The first kappa shape index (κ1) is 19.1. The van der Waals surface area contributed by atoms with Crippen LogP contribution in [0.4, 0.5) is 5.82 Å². The molecule has 2 aromatic heterocycles. The van der Waals surface area contributed by atoms with E-state index in [-0.39, 0.29) is 0 Å². The number of hydrogen-bond donors (Lipinski definition) is 0. The lowest BCUT2D eigenvalue weighted by atomic mass is 10.2. The number of rotatable bonds is 7. The molecule has 6 heteroatoms. The van der Waals surface area contributed by atoms with Crippen molar-refractivity contribution in [1.82, 2.24) is 9.97 Å². The summed E-state index contributed by atoms with van der Waals surface area (Å²) in [4.78, 5) is 12.9. The van der Waals surface area contributed by atoms with Crippen LogP contribution in [0.3, 0.4) is 0 Å². The molecule has 146 valence electrons. The highest BCUT2D eigenvalue weighted by Gasteiger charge is 2.21. The number of thiazole rings is 1. The number of benzene rings is 1. The highest BCUT2D eigenvalue weighted by atomic mass is 32.1. The summed E-state index contributed by atoms with van der Waals surface area (Å²) in [6.45, 7) is 6.50. The van der Waals surface area contributed by atoms with Crippen LogP contribution in [0.25, 0.3) is 10.6 Å². The molecule has 1 aliphatic rings. The fourth-order valence-electron chi connectivity index (χ4n) is 3.22. The zero-order valence-corrected chi connectivity index (χ0v) is 17.0. The highest BCUT2D eigenvalue weighted by molar-refractivity contribution is 7.15. The lowest BCUT2D eigenvalue weighted by Gasteiger charge is -2.27. The van der Waals surface area contributed by atoms with Crippen LogP contribution >= 0.6 is 11.3 Å². The molecular formula is C22H25N3O2S. The molecule has 0 atom stereocenters. The molecular weight excluding hydrogens is 370 g/mol. The number of anilines is 1. The van der Waals surface area contributed by atoms with E-state index in [4.69, 9.17) is 14.5 Å². The number of aryl methyl sites for hydroxylation is 1. The van der Waals surface area contributed by atoms with Crippen LogP contribution in [0, 0.1) is 0 Å². The molecule has 0 bridgehead atoms. The third-order valence-electron chi connectivity index (χ3n) is 4.76. The van der Waals surface area contributed by atoms with Gasteiger partial charge < -0.3 is 14.4 Å². The maximum absolute atomic E-state index is 6.03. The quantitative estimate of drug-likeness (QED) is 0.596. The fraction of sp³-hybridized carbons (Fsp3) is 0.364. The Bertz CT molecular complexity index is 892. The average Bonchev–Trinajstić information content (AvgIpc) is 3.19. The first-order valence-corrected chi connectivity index (χ1v) is 10.5. The van der Waals surface area contributed by atoms with E-state index in [1.807, 2.05) is 30.5 Å². The van der Waals surface area contributed by atoms with Gasteiger partial charge in [0.1, 0.15) is 10.8 Å². The van der Waals surface area contributed by atoms with Crippen LogP contribution in [-0.2, 0) is 29.1 Å². The predicted octanol–water partition coefficient (Wildman–Crippen LogP) is 4.32. The summed E-state index contributed by atoms with van der Waals surface area (Å²) in [5.74, 6) is 1.03. The Morgan fingerprint density at radius 2 is 1.93 bits per heavy atom. The van der Waals surface area contributed by atoms with Gasteiger partial charge >= 0.3 is 0 Å². The van der Waals surface area contributed by atoms with Crippen LogP contribution in [0.15, 0.2) is 48.7 Å². The molecule has 0 saturated carbocycles. The first-order chi connectivity index (χ1) is 13.8. The normalized spacial score (nSPS) is 14.4. The van der Waals surface area contributed by atoms with Crippen LogP contribution in [0.2, 0.25) is 0 Å². The van der Waals surface area contributed by atoms with E-state index in [0.717, 1.165) is 54.8 Å². The number of hydrogen-bond acceptors (Lipinski definition) is 6. The maximum atomic E-state index is 6.03. The van der Waals surface area contributed by atoms with Crippen molar-refractivity contribution in [2.45, 2.75) is 26.6 Å². The zero-order chi connectivity index (χ0) is 19.2. The van der Waals surface area contributed by atoms with Gasteiger partial charge in [-0.3, -0.25) is 4.98 Å². The van der Waals surface area contributed by atoms with Gasteiger partial charge in [-0.2, -0.15) is 0 Å². The van der Waals surface area contributed by atoms with E-state index in [2.05, 4.69) is 35.0 Å². The van der Waals surface area contributed by atoms with Crippen molar-refractivity contribution in [2.75, 3.05) is 31.2 Å². The Balaban J connectivity index is 1.56. The number of morpholine rings is 1. The van der Waals surface area contributed by atoms with E-state index in [1.54, 1.807) is 11.3 Å². The largest absolute Gasteiger partial charge is 0.378 e. The van der Waals surface area contributed by atoms with Crippen molar-refractivity contribution in [3.8, 4) is 10.6 Å². The molecule has 1 aliphatic heterocycles. The third kappa shape index (κ3) is 4.58. The second-order valence-corrected chi connectivity index (χ2v) is 7.82. The van der Waals surface area contributed by atoms with Crippen molar-refractivity contribution in [1.29, 1.82) is 0 Å². The van der Waals surface area contributed by atoms with Gasteiger partial charge in [0, 0.05) is 30.5 Å². The van der Waals surface area contributed by atoms with Crippen LogP contribution in [0.5, 0.6) is 0 Å². The molecule has 0 radical (unpaired) electrons. The molecule has 0 spiro atoms. The molecule has 5 nitrogen and oxygen atoms in total. The molecule has 0 N–H and O–H groups in total. The number of pyridine rings is 1. The predicted molar refractivity (Wildman–Crippen MR) is 113 cm³/mol. The second kappa shape index (κ2) is 9.28. The zero-order valence-electron chi connectivity index (χ0n) is 16.1. The summed E-state index contributed by atoms with van der Waals surface area (Å²) in [7, 11) is 0. The Hall–Kier alpha value is -2.28. The SMILES string of the molecule is CCc1cc(-c2nc(N3CCOCC3)c(COCc3ccccc3)s2)ccn1. The van der Waals surface area contributed by atoms with Crippen LogP contribution in [0.1, 0.15) is 23.1 Å². The molecule has 0 amide bonds. The van der Waals surface area contributed by atoms with Gasteiger partial charge in [-0.05, 0) is 24.1 Å². The highest BCUT2D eigenvalue weighted by Crippen LogP contribution is 2.34. The fourth-order valence-corrected chi connectivity index (χ4v) is 4.24. The minimum Gasteiger partial charge on any atom is -0.378 e. The Labute approximate surface area is 170 Å². The van der Waals surface area contributed by atoms with Crippen molar-refractivity contribution >= 4 is 17.2 Å². The average molecular weight is 396 g/mol. The van der Waals surface area contributed by atoms with Gasteiger partial charge in [0.2, 0.25) is 0 Å². The number of aromatic nitrogens is 2. The van der Waals surface area contributed by atoms with Crippen molar-refractivity contribution < 1.29 is 9.47 Å². The molecule has 4 rings (SSSR count). The molecule has 3 heterocycles.